The molecule has 2 heterocycles. The molecule has 7 heteroatoms. The highest BCUT2D eigenvalue weighted by atomic mass is 79.9. The fourth-order valence-corrected chi connectivity index (χ4v) is 1.57. The van der Waals surface area contributed by atoms with Crippen molar-refractivity contribution in [3.05, 3.63) is 27.7 Å². The molecule has 0 atom stereocenters. The van der Waals surface area contributed by atoms with Crippen LogP contribution in [-0.4, -0.2) is 19.7 Å². The Morgan fingerprint density at radius 3 is 2.81 bits per heavy atom. The van der Waals surface area contributed by atoms with E-state index in [1.54, 1.807) is 10.9 Å². The van der Waals surface area contributed by atoms with Gasteiger partial charge in [-0.25, -0.2) is 4.98 Å². The molecule has 0 unspecified atom stereocenters. The molecule has 0 aliphatic rings. The number of anilines is 2. The van der Waals surface area contributed by atoms with Gasteiger partial charge in [0.15, 0.2) is 0 Å². The first-order valence-electron chi connectivity index (χ1n) is 4.51. The standard InChI is InChI=1S/C9H9BrClN5/c1-5-7(4-16(2)15-5)13-9-12-3-6(10)8(11)14-9/h3-4H,1-2H3,(H,12,13,14). The van der Waals surface area contributed by atoms with Crippen LogP contribution >= 0.6 is 27.5 Å². The van der Waals surface area contributed by atoms with Gasteiger partial charge in [-0.1, -0.05) is 11.6 Å². The van der Waals surface area contributed by atoms with Gasteiger partial charge in [-0.3, -0.25) is 4.68 Å². The second-order valence-electron chi connectivity index (χ2n) is 3.26. The molecule has 0 aromatic carbocycles. The van der Waals surface area contributed by atoms with E-state index in [0.29, 0.717) is 15.6 Å². The third kappa shape index (κ3) is 2.33. The van der Waals surface area contributed by atoms with Gasteiger partial charge in [0, 0.05) is 19.4 Å². The van der Waals surface area contributed by atoms with Crippen molar-refractivity contribution in [1.82, 2.24) is 19.7 Å². The van der Waals surface area contributed by atoms with Gasteiger partial charge in [0.05, 0.1) is 15.9 Å². The Kier molecular flexibility index (Phi) is 3.11. The Labute approximate surface area is 106 Å². The Morgan fingerprint density at radius 2 is 2.25 bits per heavy atom. The Morgan fingerprint density at radius 1 is 1.50 bits per heavy atom. The second-order valence-corrected chi connectivity index (χ2v) is 4.47. The van der Waals surface area contributed by atoms with Crippen molar-refractivity contribution in [1.29, 1.82) is 0 Å². The number of nitrogens with one attached hydrogen (secondary N) is 1. The maximum absolute atomic E-state index is 5.87. The molecule has 0 saturated heterocycles. The first-order valence-corrected chi connectivity index (χ1v) is 5.68. The highest BCUT2D eigenvalue weighted by Gasteiger charge is 2.06. The van der Waals surface area contributed by atoms with E-state index in [1.165, 1.54) is 0 Å². The Bertz CT molecular complexity index is 525. The summed E-state index contributed by atoms with van der Waals surface area (Å²) in [6.07, 6.45) is 3.46. The van der Waals surface area contributed by atoms with Crippen LogP contribution in [0.1, 0.15) is 5.69 Å². The van der Waals surface area contributed by atoms with E-state index in [0.717, 1.165) is 11.4 Å². The largest absolute Gasteiger partial charge is 0.321 e. The number of hydrogen-bond donors (Lipinski definition) is 1. The van der Waals surface area contributed by atoms with Crippen molar-refractivity contribution in [2.24, 2.45) is 7.05 Å². The molecule has 16 heavy (non-hydrogen) atoms. The van der Waals surface area contributed by atoms with Gasteiger partial charge in [-0.15, -0.1) is 0 Å². The van der Waals surface area contributed by atoms with E-state index in [2.05, 4.69) is 36.3 Å². The molecule has 0 fully saturated rings. The second kappa shape index (κ2) is 4.39. The maximum atomic E-state index is 5.87. The monoisotopic (exact) mass is 301 g/mol. The van der Waals surface area contributed by atoms with Crippen molar-refractivity contribution in [3.63, 3.8) is 0 Å². The molecule has 0 saturated carbocycles. The Balaban J connectivity index is 2.27. The predicted molar refractivity (Wildman–Crippen MR) is 66.0 cm³/mol. The smallest absolute Gasteiger partial charge is 0.228 e. The molecular formula is C9H9BrClN5. The van der Waals surface area contributed by atoms with Crippen LogP contribution < -0.4 is 5.32 Å². The molecular weight excluding hydrogens is 293 g/mol. The zero-order valence-electron chi connectivity index (χ0n) is 8.70. The summed E-state index contributed by atoms with van der Waals surface area (Å²) in [7, 11) is 1.85. The van der Waals surface area contributed by atoms with Crippen LogP contribution in [0.2, 0.25) is 5.15 Å². The van der Waals surface area contributed by atoms with Crippen molar-refractivity contribution in [2.45, 2.75) is 6.92 Å². The van der Waals surface area contributed by atoms with Crippen molar-refractivity contribution >= 4 is 39.2 Å². The molecule has 0 aliphatic heterocycles. The molecule has 2 aromatic heterocycles. The highest BCUT2D eigenvalue weighted by Crippen LogP contribution is 2.22. The third-order valence-electron chi connectivity index (χ3n) is 1.96. The number of aromatic nitrogens is 4. The first-order chi connectivity index (χ1) is 7.56. The van der Waals surface area contributed by atoms with Gasteiger partial charge in [0.1, 0.15) is 5.15 Å². The lowest BCUT2D eigenvalue weighted by molar-refractivity contribution is 0.756. The highest BCUT2D eigenvalue weighted by molar-refractivity contribution is 9.10. The minimum atomic E-state index is 0.374. The zero-order valence-corrected chi connectivity index (χ0v) is 11.0. The third-order valence-corrected chi connectivity index (χ3v) is 3.06. The topological polar surface area (TPSA) is 55.6 Å². The van der Waals surface area contributed by atoms with Gasteiger partial charge in [-0.2, -0.15) is 10.1 Å². The van der Waals surface area contributed by atoms with Crippen LogP contribution in [0, 0.1) is 6.92 Å². The van der Waals surface area contributed by atoms with Crippen molar-refractivity contribution in [2.75, 3.05) is 5.32 Å². The lowest BCUT2D eigenvalue weighted by atomic mass is 10.4. The quantitative estimate of drug-likeness (QED) is 0.867. The van der Waals surface area contributed by atoms with E-state index < -0.39 is 0 Å². The van der Waals surface area contributed by atoms with Crippen LogP contribution in [0.15, 0.2) is 16.9 Å². The lowest BCUT2D eigenvalue weighted by Gasteiger charge is -2.03. The van der Waals surface area contributed by atoms with Crippen LogP contribution in [0.4, 0.5) is 11.6 Å². The molecule has 0 amide bonds. The molecule has 0 bridgehead atoms. The summed E-state index contributed by atoms with van der Waals surface area (Å²) in [6.45, 7) is 1.91. The van der Waals surface area contributed by atoms with E-state index in [-0.39, 0.29) is 0 Å². The van der Waals surface area contributed by atoms with Crippen LogP contribution in [0.5, 0.6) is 0 Å². The summed E-state index contributed by atoms with van der Waals surface area (Å²) in [6, 6.07) is 0. The normalized spacial score (nSPS) is 10.5. The molecule has 84 valence electrons. The number of hydrogen-bond acceptors (Lipinski definition) is 4. The van der Waals surface area contributed by atoms with Gasteiger partial charge < -0.3 is 5.32 Å². The summed E-state index contributed by atoms with van der Waals surface area (Å²) in [5, 5.41) is 7.63. The van der Waals surface area contributed by atoms with Crippen molar-refractivity contribution in [3.8, 4) is 0 Å². The molecule has 5 nitrogen and oxygen atoms in total. The van der Waals surface area contributed by atoms with E-state index in [1.807, 2.05) is 20.2 Å². The molecule has 0 aliphatic carbocycles. The summed E-state index contributed by atoms with van der Waals surface area (Å²) < 4.78 is 2.39. The fourth-order valence-electron chi connectivity index (χ4n) is 1.25. The van der Waals surface area contributed by atoms with Crippen molar-refractivity contribution < 1.29 is 0 Å². The molecule has 0 spiro atoms. The lowest BCUT2D eigenvalue weighted by Crippen LogP contribution is -1.97. The maximum Gasteiger partial charge on any atom is 0.228 e. The van der Waals surface area contributed by atoms with Crippen LogP contribution in [0.25, 0.3) is 0 Å². The van der Waals surface area contributed by atoms with Gasteiger partial charge >= 0.3 is 0 Å². The SMILES string of the molecule is Cc1nn(C)cc1Nc1ncc(Br)c(Cl)n1. The van der Waals surface area contributed by atoms with Crippen LogP contribution in [0.3, 0.4) is 0 Å². The zero-order chi connectivity index (χ0) is 11.7. The molecule has 2 rings (SSSR count). The molecule has 2 aromatic rings. The van der Waals surface area contributed by atoms with Gasteiger partial charge in [-0.05, 0) is 22.9 Å². The average Bonchev–Trinajstić information content (AvgIpc) is 2.51. The summed E-state index contributed by atoms with van der Waals surface area (Å²) in [5.41, 5.74) is 1.74. The Hall–Kier alpha value is -1.14. The van der Waals surface area contributed by atoms with E-state index >= 15 is 0 Å². The minimum Gasteiger partial charge on any atom is -0.321 e. The van der Waals surface area contributed by atoms with Gasteiger partial charge in [0.2, 0.25) is 5.95 Å². The number of nitrogens with zero attached hydrogens (tertiary/aromatic N) is 4. The summed E-state index contributed by atoms with van der Waals surface area (Å²) in [5.74, 6) is 0.448. The fraction of sp³-hybridized carbons (Fsp3) is 0.222. The van der Waals surface area contributed by atoms with E-state index in [4.69, 9.17) is 11.6 Å². The predicted octanol–water partition coefficient (Wildman–Crippen LogP) is 2.68. The summed E-state index contributed by atoms with van der Waals surface area (Å²) in [4.78, 5) is 8.17. The first kappa shape index (κ1) is 11.3. The van der Waals surface area contributed by atoms with E-state index in [9.17, 15) is 0 Å². The molecule has 1 N–H and O–H groups in total. The number of halogens is 2. The average molecular weight is 303 g/mol. The van der Waals surface area contributed by atoms with Crippen LogP contribution in [-0.2, 0) is 7.05 Å². The number of aryl methyl sites for hydroxylation is 2. The molecule has 0 radical (unpaired) electrons. The summed E-state index contributed by atoms with van der Waals surface area (Å²) >= 11 is 9.10. The minimum absolute atomic E-state index is 0.374. The number of rotatable bonds is 2. The van der Waals surface area contributed by atoms with Gasteiger partial charge in [0.25, 0.3) is 0 Å².